The van der Waals surface area contributed by atoms with Gasteiger partial charge < -0.3 is 15.0 Å². The normalized spacial score (nSPS) is 14.5. The van der Waals surface area contributed by atoms with E-state index in [4.69, 9.17) is 16.3 Å². The highest BCUT2D eigenvalue weighted by Crippen LogP contribution is 2.27. The highest BCUT2D eigenvalue weighted by Gasteiger charge is 2.34. The molecule has 1 saturated carbocycles. The van der Waals surface area contributed by atoms with Gasteiger partial charge in [0.2, 0.25) is 11.8 Å². The van der Waals surface area contributed by atoms with E-state index in [2.05, 4.69) is 5.32 Å². The maximum atomic E-state index is 14.2. The van der Waals surface area contributed by atoms with Crippen LogP contribution in [0.3, 0.4) is 0 Å². The van der Waals surface area contributed by atoms with Crippen LogP contribution in [0.4, 0.5) is 5.69 Å². The molecule has 0 bridgehead atoms. The summed E-state index contributed by atoms with van der Waals surface area (Å²) in [5.74, 6) is -0.205. The van der Waals surface area contributed by atoms with Crippen LogP contribution in [0.2, 0.25) is 5.02 Å². The van der Waals surface area contributed by atoms with Crippen molar-refractivity contribution in [3.05, 3.63) is 89.4 Å². The van der Waals surface area contributed by atoms with Gasteiger partial charge in [0.15, 0.2) is 0 Å². The zero-order valence-corrected chi connectivity index (χ0v) is 26.3. The molecule has 43 heavy (non-hydrogen) atoms. The van der Waals surface area contributed by atoms with Crippen LogP contribution in [0.1, 0.15) is 57.9 Å². The maximum absolute atomic E-state index is 14.2. The minimum absolute atomic E-state index is 0.0207. The molecule has 3 aromatic carbocycles. The summed E-state index contributed by atoms with van der Waals surface area (Å²) < 4.78 is 34.6. The number of hydrogen-bond donors (Lipinski definition) is 1. The van der Waals surface area contributed by atoms with Gasteiger partial charge in [-0.05, 0) is 74.2 Å². The van der Waals surface area contributed by atoms with Gasteiger partial charge in [0.25, 0.3) is 10.0 Å². The first kappa shape index (κ1) is 32.4. The molecule has 0 radical (unpaired) electrons. The van der Waals surface area contributed by atoms with Crippen LogP contribution in [0.5, 0.6) is 5.75 Å². The lowest BCUT2D eigenvalue weighted by Crippen LogP contribution is -2.54. The Morgan fingerprint density at radius 1 is 0.930 bits per heavy atom. The second-order valence-electron chi connectivity index (χ2n) is 10.6. The second kappa shape index (κ2) is 15.3. The summed E-state index contributed by atoms with van der Waals surface area (Å²) in [6.07, 6.45) is 5.43. The fraction of sp³-hybridized carbons (Fsp3) is 0.394. The van der Waals surface area contributed by atoms with Crippen molar-refractivity contribution in [2.75, 3.05) is 17.5 Å². The Morgan fingerprint density at radius 3 is 2.21 bits per heavy atom. The molecule has 0 spiro atoms. The van der Waals surface area contributed by atoms with Gasteiger partial charge in [-0.25, -0.2) is 8.42 Å². The number of carbonyl (C=O) groups excluding carboxylic acids is 2. The molecular formula is C33H40ClN3O5S. The number of benzene rings is 3. The molecule has 1 unspecified atom stereocenters. The predicted octanol–water partition coefficient (Wildman–Crippen LogP) is 6.19. The molecule has 0 heterocycles. The fourth-order valence-electron chi connectivity index (χ4n) is 5.40. The lowest BCUT2D eigenvalue weighted by molar-refractivity contribution is -0.140. The molecule has 1 N–H and O–H groups in total. The Hall–Kier alpha value is -3.56. The van der Waals surface area contributed by atoms with Crippen molar-refractivity contribution in [1.29, 1.82) is 0 Å². The SMILES string of the molecule is CCOc1ccc(S(=O)(=O)N(CC(=O)N(Cc2ccccc2Cl)C(CC)C(=O)NC2CCCCC2)c2ccccc2)cc1. The number of para-hydroxylation sites is 1. The number of amides is 2. The average molecular weight is 626 g/mol. The average Bonchev–Trinajstić information content (AvgIpc) is 3.02. The van der Waals surface area contributed by atoms with Crippen LogP contribution in [-0.4, -0.2) is 50.4 Å². The molecule has 3 aromatic rings. The van der Waals surface area contributed by atoms with Gasteiger partial charge in [0.05, 0.1) is 17.2 Å². The van der Waals surface area contributed by atoms with Crippen LogP contribution in [0.25, 0.3) is 0 Å². The van der Waals surface area contributed by atoms with Gasteiger partial charge in [-0.2, -0.15) is 0 Å². The molecule has 0 aromatic heterocycles. The van der Waals surface area contributed by atoms with Crippen LogP contribution in [0.15, 0.2) is 83.8 Å². The molecule has 1 fully saturated rings. The third-order valence-corrected chi connectivity index (χ3v) is 9.84. The van der Waals surface area contributed by atoms with Crippen LogP contribution in [-0.2, 0) is 26.2 Å². The molecule has 0 saturated heterocycles. The van der Waals surface area contributed by atoms with E-state index >= 15 is 0 Å². The number of nitrogens with one attached hydrogen (secondary N) is 1. The number of carbonyl (C=O) groups is 2. The Labute approximate surface area is 260 Å². The smallest absolute Gasteiger partial charge is 0.264 e. The molecule has 4 rings (SSSR count). The lowest BCUT2D eigenvalue weighted by atomic mass is 9.95. The van der Waals surface area contributed by atoms with Crippen molar-refractivity contribution in [2.24, 2.45) is 0 Å². The highest BCUT2D eigenvalue weighted by atomic mass is 35.5. The number of hydrogen-bond acceptors (Lipinski definition) is 5. The largest absolute Gasteiger partial charge is 0.494 e. The standard InChI is InChI=1S/C33H40ClN3O5S/c1-3-31(33(39)35-26-14-7-5-8-15-26)36(23-25-13-11-12-18-30(25)34)32(38)24-37(27-16-9-6-10-17-27)43(40,41)29-21-19-28(20-22-29)42-4-2/h6,9-13,16-22,26,31H,3-5,7-8,14-15,23-24H2,1-2H3,(H,35,39). The zero-order chi connectivity index (χ0) is 30.8. The van der Waals surface area contributed by atoms with Crippen LogP contribution in [0, 0.1) is 0 Å². The van der Waals surface area contributed by atoms with Gasteiger partial charge in [0, 0.05) is 17.6 Å². The molecule has 1 aliphatic carbocycles. The molecule has 230 valence electrons. The molecular weight excluding hydrogens is 586 g/mol. The van der Waals surface area contributed by atoms with E-state index in [1.54, 1.807) is 60.7 Å². The number of rotatable bonds is 13. The Bertz CT molecular complexity index is 1460. The summed E-state index contributed by atoms with van der Waals surface area (Å²) in [7, 11) is -4.17. The molecule has 2 amide bonds. The number of nitrogens with zero attached hydrogens (tertiary/aromatic N) is 2. The van der Waals surface area contributed by atoms with E-state index in [0.717, 1.165) is 36.4 Å². The molecule has 10 heteroatoms. The third-order valence-electron chi connectivity index (χ3n) is 7.68. The van der Waals surface area contributed by atoms with Gasteiger partial charge in [-0.15, -0.1) is 0 Å². The summed E-state index contributed by atoms with van der Waals surface area (Å²) in [6, 6.07) is 21.0. The van der Waals surface area contributed by atoms with Crippen molar-refractivity contribution in [1.82, 2.24) is 10.2 Å². The van der Waals surface area contributed by atoms with E-state index in [-0.39, 0.29) is 23.4 Å². The second-order valence-corrected chi connectivity index (χ2v) is 12.9. The number of ether oxygens (including phenoxy) is 1. The van der Waals surface area contributed by atoms with E-state index in [9.17, 15) is 18.0 Å². The van der Waals surface area contributed by atoms with Gasteiger partial charge in [0.1, 0.15) is 18.3 Å². The minimum atomic E-state index is -4.17. The van der Waals surface area contributed by atoms with E-state index < -0.39 is 28.5 Å². The van der Waals surface area contributed by atoms with E-state index in [1.165, 1.54) is 17.0 Å². The number of sulfonamides is 1. The first-order valence-corrected chi connectivity index (χ1v) is 16.7. The third kappa shape index (κ3) is 8.30. The molecule has 1 aliphatic rings. The van der Waals surface area contributed by atoms with Crippen molar-refractivity contribution < 1.29 is 22.7 Å². The topological polar surface area (TPSA) is 96.0 Å². The predicted molar refractivity (Wildman–Crippen MR) is 170 cm³/mol. The Kier molecular flexibility index (Phi) is 11.5. The highest BCUT2D eigenvalue weighted by molar-refractivity contribution is 7.92. The van der Waals surface area contributed by atoms with Crippen LogP contribution < -0.4 is 14.4 Å². The minimum Gasteiger partial charge on any atom is -0.494 e. The molecule has 8 nitrogen and oxygen atoms in total. The van der Waals surface area contributed by atoms with E-state index in [0.29, 0.717) is 35.1 Å². The van der Waals surface area contributed by atoms with Crippen LogP contribution >= 0.6 is 11.6 Å². The fourth-order valence-corrected chi connectivity index (χ4v) is 7.01. The summed E-state index contributed by atoms with van der Waals surface area (Å²) in [5.41, 5.74) is 1.00. The van der Waals surface area contributed by atoms with Gasteiger partial charge in [-0.3, -0.25) is 13.9 Å². The monoisotopic (exact) mass is 625 g/mol. The van der Waals surface area contributed by atoms with Crippen molar-refractivity contribution in [2.45, 2.75) is 75.9 Å². The maximum Gasteiger partial charge on any atom is 0.264 e. The first-order valence-electron chi connectivity index (χ1n) is 14.9. The molecule has 1 atom stereocenters. The number of halogens is 1. The Morgan fingerprint density at radius 2 is 1.58 bits per heavy atom. The molecule has 0 aliphatic heterocycles. The quantitative estimate of drug-likeness (QED) is 0.244. The van der Waals surface area contributed by atoms with Crippen molar-refractivity contribution in [3.8, 4) is 5.75 Å². The van der Waals surface area contributed by atoms with Gasteiger partial charge in [-0.1, -0.05) is 74.2 Å². The van der Waals surface area contributed by atoms with Crippen molar-refractivity contribution >= 4 is 39.1 Å². The summed E-state index contributed by atoms with van der Waals surface area (Å²) >= 11 is 6.49. The summed E-state index contributed by atoms with van der Waals surface area (Å²) in [6.45, 7) is 3.70. The van der Waals surface area contributed by atoms with Crippen molar-refractivity contribution in [3.63, 3.8) is 0 Å². The Balaban J connectivity index is 1.68. The lowest BCUT2D eigenvalue weighted by Gasteiger charge is -2.34. The summed E-state index contributed by atoms with van der Waals surface area (Å²) in [4.78, 5) is 29.4. The van der Waals surface area contributed by atoms with Gasteiger partial charge >= 0.3 is 0 Å². The summed E-state index contributed by atoms with van der Waals surface area (Å²) in [5, 5.41) is 3.62. The zero-order valence-electron chi connectivity index (χ0n) is 24.7. The van der Waals surface area contributed by atoms with E-state index in [1.807, 2.05) is 19.9 Å². The number of anilines is 1. The first-order chi connectivity index (χ1) is 20.7.